The maximum atomic E-state index is 4.52. The number of para-hydroxylation sites is 1. The molecule has 0 atom stereocenters. The number of pyridine rings is 1. The van der Waals surface area contributed by atoms with E-state index in [0.29, 0.717) is 0 Å². The maximum absolute atomic E-state index is 4.52. The van der Waals surface area contributed by atoms with Crippen LogP contribution in [-0.4, -0.2) is 4.98 Å². The number of hydrogen-bond donors (Lipinski definition) is 0. The summed E-state index contributed by atoms with van der Waals surface area (Å²) in [5, 5.41) is 1.19. The number of aromatic nitrogens is 1. The second-order valence-electron chi connectivity index (χ2n) is 4.79. The van der Waals surface area contributed by atoms with E-state index in [1.807, 2.05) is 18.3 Å². The minimum atomic E-state index is 1.05. The zero-order valence-corrected chi connectivity index (χ0v) is 10.6. The summed E-state index contributed by atoms with van der Waals surface area (Å²) in [5.41, 5.74) is 6.05. The van der Waals surface area contributed by atoms with Crippen LogP contribution >= 0.6 is 0 Å². The molecule has 0 saturated carbocycles. The molecule has 0 spiro atoms. The van der Waals surface area contributed by atoms with E-state index in [0.717, 1.165) is 5.52 Å². The van der Waals surface area contributed by atoms with Crippen molar-refractivity contribution in [3.05, 3.63) is 65.9 Å². The molecule has 3 aromatic rings. The topological polar surface area (TPSA) is 12.9 Å². The van der Waals surface area contributed by atoms with Crippen LogP contribution in [0.2, 0.25) is 0 Å². The van der Waals surface area contributed by atoms with Gasteiger partial charge in [-0.3, -0.25) is 4.98 Å². The fourth-order valence-corrected chi connectivity index (χ4v) is 2.37. The molecule has 0 aliphatic heterocycles. The van der Waals surface area contributed by atoms with Gasteiger partial charge in [0, 0.05) is 17.1 Å². The standard InChI is InChI=1S/C17H15N/c1-12-7-13(2)9-15(8-12)16-10-14-5-3-4-6-17(14)18-11-16/h3-11H,1-2H3. The van der Waals surface area contributed by atoms with Crippen molar-refractivity contribution in [3.63, 3.8) is 0 Å². The van der Waals surface area contributed by atoms with Crippen LogP contribution in [0.3, 0.4) is 0 Å². The van der Waals surface area contributed by atoms with E-state index in [-0.39, 0.29) is 0 Å². The number of nitrogens with zero attached hydrogens (tertiary/aromatic N) is 1. The van der Waals surface area contributed by atoms with Gasteiger partial charge in [0.25, 0.3) is 0 Å². The third kappa shape index (κ3) is 2.00. The summed E-state index contributed by atoms with van der Waals surface area (Å²) in [5.74, 6) is 0. The van der Waals surface area contributed by atoms with Crippen molar-refractivity contribution >= 4 is 10.9 Å². The van der Waals surface area contributed by atoms with Crippen molar-refractivity contribution in [2.75, 3.05) is 0 Å². The largest absolute Gasteiger partial charge is 0.256 e. The van der Waals surface area contributed by atoms with Crippen LogP contribution < -0.4 is 0 Å². The van der Waals surface area contributed by atoms with Gasteiger partial charge < -0.3 is 0 Å². The zero-order valence-electron chi connectivity index (χ0n) is 10.6. The highest BCUT2D eigenvalue weighted by Gasteiger charge is 2.02. The maximum Gasteiger partial charge on any atom is 0.0702 e. The third-order valence-electron chi connectivity index (χ3n) is 3.15. The Labute approximate surface area is 107 Å². The van der Waals surface area contributed by atoms with Crippen LogP contribution in [0, 0.1) is 13.8 Å². The highest BCUT2D eigenvalue weighted by molar-refractivity contribution is 5.83. The lowest BCUT2D eigenvalue weighted by Crippen LogP contribution is -1.85. The highest BCUT2D eigenvalue weighted by atomic mass is 14.6. The summed E-state index contributed by atoms with van der Waals surface area (Å²) in [4.78, 5) is 4.52. The summed E-state index contributed by atoms with van der Waals surface area (Å²) in [7, 11) is 0. The molecule has 18 heavy (non-hydrogen) atoms. The van der Waals surface area contributed by atoms with Crippen LogP contribution in [0.1, 0.15) is 11.1 Å². The van der Waals surface area contributed by atoms with Gasteiger partial charge in [0.2, 0.25) is 0 Å². The Hall–Kier alpha value is -2.15. The van der Waals surface area contributed by atoms with E-state index in [1.165, 1.54) is 27.6 Å². The molecule has 0 amide bonds. The van der Waals surface area contributed by atoms with Crippen molar-refractivity contribution < 1.29 is 0 Å². The van der Waals surface area contributed by atoms with Crippen LogP contribution in [0.5, 0.6) is 0 Å². The predicted octanol–water partition coefficient (Wildman–Crippen LogP) is 4.52. The smallest absolute Gasteiger partial charge is 0.0702 e. The summed E-state index contributed by atoms with van der Waals surface area (Å²) in [6.07, 6.45) is 1.95. The average molecular weight is 233 g/mol. The molecule has 0 fully saturated rings. The summed E-state index contributed by atoms with van der Waals surface area (Å²) < 4.78 is 0. The second-order valence-corrected chi connectivity index (χ2v) is 4.79. The number of aryl methyl sites for hydroxylation is 2. The molecule has 0 unspecified atom stereocenters. The minimum Gasteiger partial charge on any atom is -0.256 e. The average Bonchev–Trinajstić information content (AvgIpc) is 2.37. The quantitative estimate of drug-likeness (QED) is 0.602. The SMILES string of the molecule is Cc1cc(C)cc(-c2cnc3ccccc3c2)c1. The first-order valence-electron chi connectivity index (χ1n) is 6.16. The van der Waals surface area contributed by atoms with Gasteiger partial charge in [0.05, 0.1) is 5.52 Å². The Morgan fingerprint density at radius 2 is 1.50 bits per heavy atom. The molecule has 0 aliphatic carbocycles. The summed E-state index contributed by atoms with van der Waals surface area (Å²) in [6.45, 7) is 4.26. The molecule has 1 aromatic heterocycles. The number of fused-ring (bicyclic) bond motifs is 1. The van der Waals surface area contributed by atoms with E-state index >= 15 is 0 Å². The molecule has 2 aromatic carbocycles. The molecule has 1 nitrogen and oxygen atoms in total. The van der Waals surface area contributed by atoms with Gasteiger partial charge in [-0.15, -0.1) is 0 Å². The van der Waals surface area contributed by atoms with Gasteiger partial charge in [0.15, 0.2) is 0 Å². The Morgan fingerprint density at radius 1 is 0.778 bits per heavy atom. The Balaban J connectivity index is 2.19. The van der Waals surface area contributed by atoms with Crippen molar-refractivity contribution in [2.45, 2.75) is 13.8 Å². The van der Waals surface area contributed by atoms with Gasteiger partial charge >= 0.3 is 0 Å². The molecule has 1 heterocycles. The van der Waals surface area contributed by atoms with Crippen molar-refractivity contribution in [2.24, 2.45) is 0 Å². The molecule has 0 radical (unpaired) electrons. The van der Waals surface area contributed by atoms with E-state index in [9.17, 15) is 0 Å². The van der Waals surface area contributed by atoms with Gasteiger partial charge in [-0.2, -0.15) is 0 Å². The monoisotopic (exact) mass is 233 g/mol. The normalized spacial score (nSPS) is 10.8. The first kappa shape index (κ1) is 11.0. The first-order valence-corrected chi connectivity index (χ1v) is 6.16. The van der Waals surface area contributed by atoms with Crippen molar-refractivity contribution in [3.8, 4) is 11.1 Å². The Kier molecular flexibility index (Phi) is 2.60. The van der Waals surface area contributed by atoms with Gasteiger partial charge in [-0.25, -0.2) is 0 Å². The van der Waals surface area contributed by atoms with E-state index in [1.54, 1.807) is 0 Å². The second kappa shape index (κ2) is 4.26. The Bertz CT molecular complexity index is 693. The molecule has 0 N–H and O–H groups in total. The van der Waals surface area contributed by atoms with Crippen LogP contribution in [0.4, 0.5) is 0 Å². The van der Waals surface area contributed by atoms with Crippen molar-refractivity contribution in [1.82, 2.24) is 4.98 Å². The molecular weight excluding hydrogens is 218 g/mol. The van der Waals surface area contributed by atoms with Crippen LogP contribution in [0.25, 0.3) is 22.0 Å². The van der Waals surface area contributed by atoms with Crippen LogP contribution in [0.15, 0.2) is 54.7 Å². The molecule has 88 valence electrons. The lowest BCUT2D eigenvalue weighted by Gasteiger charge is -2.06. The van der Waals surface area contributed by atoms with Gasteiger partial charge in [0.1, 0.15) is 0 Å². The molecular formula is C17H15N. The van der Waals surface area contributed by atoms with Gasteiger partial charge in [-0.1, -0.05) is 47.5 Å². The first-order chi connectivity index (χ1) is 8.72. The molecule has 0 aliphatic rings. The fourth-order valence-electron chi connectivity index (χ4n) is 2.37. The highest BCUT2D eigenvalue weighted by Crippen LogP contribution is 2.24. The lowest BCUT2D eigenvalue weighted by molar-refractivity contribution is 1.36. The molecule has 0 bridgehead atoms. The lowest BCUT2D eigenvalue weighted by atomic mass is 10.0. The number of hydrogen-bond acceptors (Lipinski definition) is 1. The van der Waals surface area contributed by atoms with Crippen LogP contribution in [-0.2, 0) is 0 Å². The Morgan fingerprint density at radius 3 is 2.28 bits per heavy atom. The number of benzene rings is 2. The predicted molar refractivity (Wildman–Crippen MR) is 76.7 cm³/mol. The van der Waals surface area contributed by atoms with Gasteiger partial charge in [-0.05, 0) is 31.5 Å². The fraction of sp³-hybridized carbons (Fsp3) is 0.118. The number of rotatable bonds is 1. The summed E-state index contributed by atoms with van der Waals surface area (Å²) in [6, 6.07) is 17.0. The minimum absolute atomic E-state index is 1.05. The third-order valence-corrected chi connectivity index (χ3v) is 3.15. The summed E-state index contributed by atoms with van der Waals surface area (Å²) >= 11 is 0. The molecule has 3 rings (SSSR count). The zero-order chi connectivity index (χ0) is 12.5. The van der Waals surface area contributed by atoms with E-state index in [4.69, 9.17) is 0 Å². The van der Waals surface area contributed by atoms with E-state index < -0.39 is 0 Å². The van der Waals surface area contributed by atoms with E-state index in [2.05, 4.69) is 55.2 Å². The molecule has 0 saturated heterocycles. The molecule has 1 heteroatoms. The van der Waals surface area contributed by atoms with Crippen molar-refractivity contribution in [1.29, 1.82) is 0 Å².